The van der Waals surface area contributed by atoms with Crippen molar-refractivity contribution in [2.24, 2.45) is 0 Å². The summed E-state index contributed by atoms with van der Waals surface area (Å²) in [6.07, 6.45) is 1.88. The van der Waals surface area contributed by atoms with E-state index in [2.05, 4.69) is 11.5 Å². The number of halogens is 1. The molecule has 0 aromatic heterocycles. The lowest BCUT2D eigenvalue weighted by atomic mass is 10.6. The molecule has 0 N–H and O–H groups in total. The van der Waals surface area contributed by atoms with E-state index in [1.165, 1.54) is 0 Å². The van der Waals surface area contributed by atoms with Crippen LogP contribution in [-0.4, -0.2) is 25.5 Å². The second-order valence-electron chi connectivity index (χ2n) is 1.55. The van der Waals surface area contributed by atoms with E-state index in [1.807, 2.05) is 20.2 Å². The Kier molecular flexibility index (Phi) is 20.5. The molecule has 0 saturated heterocycles. The van der Waals surface area contributed by atoms with Gasteiger partial charge in [-0.1, -0.05) is 6.08 Å². The highest BCUT2D eigenvalue weighted by Gasteiger charge is 1.75. The summed E-state index contributed by atoms with van der Waals surface area (Å²) in [4.78, 5) is 2.06. The molecule has 0 amide bonds. The quantitative estimate of drug-likeness (QED) is 0.428. The third kappa shape index (κ3) is 16.1. The summed E-state index contributed by atoms with van der Waals surface area (Å²) in [6, 6.07) is 0. The maximum Gasteiger partial charge on any atom is 0.0154 e. The van der Waals surface area contributed by atoms with E-state index in [4.69, 9.17) is 0 Å². The number of hydrogen-bond acceptors (Lipinski definition) is 1. The fraction of sp³-hybridized carbons (Fsp3) is 0.600. The highest BCUT2D eigenvalue weighted by atomic mass is 35.5. The minimum absolute atomic E-state index is 0. The first kappa shape index (κ1) is 15.8. The first-order valence-corrected chi connectivity index (χ1v) is 2.03. The molecule has 0 aromatic carbocycles. The van der Waals surface area contributed by atoms with E-state index in [0.717, 1.165) is 6.54 Å². The normalized spacial score (nSPS) is 6.88. The minimum Gasteiger partial charge on any atom is -0.306 e. The third-order valence-corrected chi connectivity index (χ3v) is 0.494. The van der Waals surface area contributed by atoms with Gasteiger partial charge in [-0.25, -0.2) is 0 Å². The Morgan fingerprint density at radius 1 is 1.50 bits per heavy atom. The van der Waals surface area contributed by atoms with Crippen LogP contribution in [0.1, 0.15) is 0 Å². The van der Waals surface area contributed by atoms with Crippen LogP contribution in [0.2, 0.25) is 0 Å². The highest BCUT2D eigenvalue weighted by Crippen LogP contribution is 1.69. The average Bonchev–Trinajstić information content (AvgIpc) is 1.35. The number of likely N-dealkylation sites (N-methyl/N-ethyl adjacent to an activating group) is 1. The topological polar surface area (TPSA) is 3.24 Å². The molecule has 0 saturated carbocycles. The Balaban J connectivity index is -0.000000125. The second kappa shape index (κ2) is 10.4. The van der Waals surface area contributed by atoms with E-state index in [0.29, 0.717) is 0 Å². The van der Waals surface area contributed by atoms with Crippen molar-refractivity contribution in [3.05, 3.63) is 12.7 Å². The predicted octanol–water partition coefficient (Wildman–Crippen LogP) is 1.21. The summed E-state index contributed by atoms with van der Waals surface area (Å²) in [7, 11) is 4.03. The number of nitrogens with zero attached hydrogens (tertiary/aromatic N) is 1. The van der Waals surface area contributed by atoms with Crippen molar-refractivity contribution < 1.29 is 0 Å². The van der Waals surface area contributed by atoms with Gasteiger partial charge in [-0.05, 0) is 14.1 Å². The first-order chi connectivity index (χ1) is 2.77. The Morgan fingerprint density at radius 3 is 1.88 bits per heavy atom. The summed E-state index contributed by atoms with van der Waals surface area (Å²) >= 11 is 0. The molecular weight excluding hydrogens is 140 g/mol. The van der Waals surface area contributed by atoms with Crippen LogP contribution in [0, 0.1) is 0 Å². The largest absolute Gasteiger partial charge is 0.306 e. The SMILES string of the molecule is C=CCN(C)C.Cl.P. The fourth-order valence-corrected chi connectivity index (χ4v) is 0.258. The molecule has 0 bridgehead atoms. The van der Waals surface area contributed by atoms with Gasteiger partial charge in [0.25, 0.3) is 0 Å². The molecule has 0 aromatic rings. The van der Waals surface area contributed by atoms with Crippen molar-refractivity contribution in [2.45, 2.75) is 0 Å². The van der Waals surface area contributed by atoms with Crippen LogP contribution in [0.15, 0.2) is 12.7 Å². The van der Waals surface area contributed by atoms with Gasteiger partial charge in [0.1, 0.15) is 0 Å². The van der Waals surface area contributed by atoms with Gasteiger partial charge in [-0.3, -0.25) is 0 Å². The summed E-state index contributed by atoms with van der Waals surface area (Å²) in [5, 5.41) is 0. The summed E-state index contributed by atoms with van der Waals surface area (Å²) < 4.78 is 0. The number of rotatable bonds is 2. The van der Waals surface area contributed by atoms with Crippen LogP contribution >= 0.6 is 22.3 Å². The molecule has 3 heteroatoms. The van der Waals surface area contributed by atoms with Crippen LogP contribution in [0.5, 0.6) is 0 Å². The molecule has 52 valence electrons. The van der Waals surface area contributed by atoms with Crippen molar-refractivity contribution >= 4 is 22.3 Å². The van der Waals surface area contributed by atoms with Gasteiger partial charge in [0.05, 0.1) is 0 Å². The molecule has 0 aliphatic rings. The van der Waals surface area contributed by atoms with Crippen molar-refractivity contribution in [2.75, 3.05) is 20.6 Å². The van der Waals surface area contributed by atoms with E-state index < -0.39 is 0 Å². The molecule has 0 radical (unpaired) electrons. The third-order valence-electron chi connectivity index (χ3n) is 0.494. The lowest BCUT2D eigenvalue weighted by molar-refractivity contribution is 0.457. The van der Waals surface area contributed by atoms with Gasteiger partial charge in [-0.2, -0.15) is 9.90 Å². The van der Waals surface area contributed by atoms with Crippen LogP contribution in [0.3, 0.4) is 0 Å². The number of hydrogen-bond donors (Lipinski definition) is 0. The van der Waals surface area contributed by atoms with Gasteiger partial charge >= 0.3 is 0 Å². The maximum absolute atomic E-state index is 3.56. The zero-order valence-corrected chi connectivity index (χ0v) is 7.78. The summed E-state index contributed by atoms with van der Waals surface area (Å²) in [5.74, 6) is 0. The van der Waals surface area contributed by atoms with Gasteiger partial charge in [0, 0.05) is 6.54 Å². The molecule has 0 aliphatic carbocycles. The van der Waals surface area contributed by atoms with Crippen LogP contribution < -0.4 is 0 Å². The molecule has 1 nitrogen and oxygen atoms in total. The van der Waals surface area contributed by atoms with Crippen molar-refractivity contribution in [1.82, 2.24) is 4.90 Å². The molecule has 0 spiro atoms. The second-order valence-corrected chi connectivity index (χ2v) is 1.55. The molecule has 0 aliphatic heterocycles. The minimum atomic E-state index is 0. The van der Waals surface area contributed by atoms with E-state index in [1.54, 1.807) is 0 Å². The summed E-state index contributed by atoms with van der Waals surface area (Å²) in [5.41, 5.74) is 0. The molecule has 8 heavy (non-hydrogen) atoms. The lowest BCUT2D eigenvalue weighted by Crippen LogP contribution is -2.09. The van der Waals surface area contributed by atoms with E-state index >= 15 is 0 Å². The first-order valence-electron chi connectivity index (χ1n) is 2.03. The molecule has 1 atom stereocenters. The zero-order chi connectivity index (χ0) is 4.99. The lowest BCUT2D eigenvalue weighted by Gasteiger charge is -2.01. The monoisotopic (exact) mass is 155 g/mol. The average molecular weight is 156 g/mol. The Morgan fingerprint density at radius 2 is 1.88 bits per heavy atom. The summed E-state index contributed by atoms with van der Waals surface area (Å²) in [6.45, 7) is 4.53. The van der Waals surface area contributed by atoms with Crippen LogP contribution in [0.4, 0.5) is 0 Å². The van der Waals surface area contributed by atoms with Gasteiger partial charge in [-0.15, -0.1) is 19.0 Å². The molecule has 0 heterocycles. The van der Waals surface area contributed by atoms with Crippen molar-refractivity contribution in [3.8, 4) is 0 Å². The van der Waals surface area contributed by atoms with Gasteiger partial charge in [0.2, 0.25) is 0 Å². The molecule has 0 rings (SSSR count). The van der Waals surface area contributed by atoms with Gasteiger partial charge in [0.15, 0.2) is 0 Å². The smallest absolute Gasteiger partial charge is 0.0154 e. The Labute approximate surface area is 61.2 Å². The van der Waals surface area contributed by atoms with Crippen LogP contribution in [-0.2, 0) is 0 Å². The maximum atomic E-state index is 3.56. The molecule has 1 unspecified atom stereocenters. The van der Waals surface area contributed by atoms with Crippen molar-refractivity contribution in [1.29, 1.82) is 0 Å². The fourth-order valence-electron chi connectivity index (χ4n) is 0.258. The zero-order valence-electron chi connectivity index (χ0n) is 5.55. The van der Waals surface area contributed by atoms with Gasteiger partial charge < -0.3 is 4.90 Å². The molecule has 0 fully saturated rings. The van der Waals surface area contributed by atoms with Crippen LogP contribution in [0.25, 0.3) is 0 Å². The predicted molar refractivity (Wildman–Crippen MR) is 47.1 cm³/mol. The highest BCUT2D eigenvalue weighted by molar-refractivity contribution is 6.92. The van der Waals surface area contributed by atoms with E-state index in [9.17, 15) is 0 Å². The standard InChI is InChI=1S/C5H11N.ClH.H3P/c1-4-5-6(2)3;;/h4H,1,5H2,2-3H3;1H;1H3. The Bertz CT molecular complexity index is 47.7. The van der Waals surface area contributed by atoms with Crippen molar-refractivity contribution in [3.63, 3.8) is 0 Å². The van der Waals surface area contributed by atoms with E-state index in [-0.39, 0.29) is 22.3 Å². The Hall–Kier alpha value is 0.420. The molecular formula is C5H15ClNP.